The van der Waals surface area contributed by atoms with Gasteiger partial charge in [-0.25, -0.2) is 4.79 Å². The van der Waals surface area contributed by atoms with E-state index in [2.05, 4.69) is 20.8 Å². The molecule has 1 aliphatic heterocycles. The van der Waals surface area contributed by atoms with Gasteiger partial charge >= 0.3 is 6.03 Å². The first-order chi connectivity index (χ1) is 12.0. The van der Waals surface area contributed by atoms with Crippen molar-refractivity contribution in [2.24, 2.45) is 0 Å². The lowest BCUT2D eigenvalue weighted by molar-refractivity contribution is 0.0963. The molecule has 0 saturated carbocycles. The lowest BCUT2D eigenvalue weighted by atomic mass is 10.0. The highest BCUT2D eigenvalue weighted by Gasteiger charge is 2.33. The molecule has 1 atom stereocenters. The van der Waals surface area contributed by atoms with Crippen LogP contribution in [0.3, 0.4) is 0 Å². The van der Waals surface area contributed by atoms with E-state index < -0.39 is 0 Å². The number of nitrogens with zero attached hydrogens (tertiary/aromatic N) is 2. The molecule has 7 nitrogen and oxygen atoms in total. The minimum atomic E-state index is -0.150. The fraction of sp³-hybridized carbons (Fsp3) is 0.389. The van der Waals surface area contributed by atoms with E-state index in [9.17, 15) is 9.59 Å². The van der Waals surface area contributed by atoms with Gasteiger partial charge in [0.1, 0.15) is 0 Å². The number of nitrogens with one attached hydrogen (secondary N) is 3. The van der Waals surface area contributed by atoms with Gasteiger partial charge in [0.15, 0.2) is 0 Å². The fourth-order valence-electron chi connectivity index (χ4n) is 3.41. The molecule has 7 heteroatoms. The van der Waals surface area contributed by atoms with E-state index in [-0.39, 0.29) is 18.0 Å². The van der Waals surface area contributed by atoms with Crippen molar-refractivity contribution in [2.75, 3.05) is 18.9 Å². The van der Waals surface area contributed by atoms with Gasteiger partial charge in [0.05, 0.1) is 11.7 Å². The topological polar surface area (TPSA) is 90.1 Å². The number of hydrogen-bond donors (Lipinski definition) is 3. The highest BCUT2D eigenvalue weighted by molar-refractivity contribution is 5.95. The molecule has 25 heavy (non-hydrogen) atoms. The summed E-state index contributed by atoms with van der Waals surface area (Å²) in [5.41, 5.74) is 4.30. The number of urea groups is 1. The van der Waals surface area contributed by atoms with Gasteiger partial charge in [0, 0.05) is 36.1 Å². The zero-order valence-electron chi connectivity index (χ0n) is 14.7. The largest absolute Gasteiger partial charge is 0.355 e. The van der Waals surface area contributed by atoms with Crippen LogP contribution in [-0.2, 0) is 0 Å². The Morgan fingerprint density at radius 3 is 2.56 bits per heavy atom. The molecule has 0 unspecified atom stereocenters. The Kier molecular flexibility index (Phi) is 4.74. The molecular weight excluding hydrogens is 318 g/mol. The second kappa shape index (κ2) is 6.96. The van der Waals surface area contributed by atoms with E-state index in [1.165, 1.54) is 0 Å². The van der Waals surface area contributed by atoms with E-state index in [0.717, 1.165) is 36.3 Å². The van der Waals surface area contributed by atoms with Gasteiger partial charge in [-0.15, -0.1) is 0 Å². The highest BCUT2D eigenvalue weighted by Crippen LogP contribution is 2.35. The second-order valence-corrected chi connectivity index (χ2v) is 6.29. The molecule has 0 aliphatic carbocycles. The van der Waals surface area contributed by atoms with E-state index in [4.69, 9.17) is 0 Å². The molecule has 3 rings (SSSR count). The number of aromatic nitrogens is 2. The van der Waals surface area contributed by atoms with Crippen molar-refractivity contribution in [3.8, 4) is 0 Å². The van der Waals surface area contributed by atoms with Gasteiger partial charge < -0.3 is 15.5 Å². The van der Waals surface area contributed by atoms with Crippen molar-refractivity contribution in [3.05, 3.63) is 46.8 Å². The summed E-state index contributed by atoms with van der Waals surface area (Å²) >= 11 is 0. The Hall–Kier alpha value is -2.83. The molecule has 2 aromatic rings. The standard InChI is InChI=1S/C18H23N5O2/c1-11-16(12(2)22-21-11)15-5-4-10-23(15)18(25)20-14-8-6-13(7-9-14)17(24)19-3/h6-9,15H,4-5,10H2,1-3H3,(H,19,24)(H,20,25)(H,21,22)/t15-/m0/s1. The van der Waals surface area contributed by atoms with E-state index in [1.54, 1.807) is 31.3 Å². The molecule has 3 amide bonds. The first kappa shape index (κ1) is 17.0. The van der Waals surface area contributed by atoms with Crippen LogP contribution in [0.5, 0.6) is 0 Å². The molecule has 1 saturated heterocycles. The van der Waals surface area contributed by atoms with Crippen LogP contribution in [0, 0.1) is 13.8 Å². The number of amides is 3. The van der Waals surface area contributed by atoms with Crippen LogP contribution in [0.2, 0.25) is 0 Å². The lowest BCUT2D eigenvalue weighted by Crippen LogP contribution is -2.34. The number of likely N-dealkylation sites (tertiary alicyclic amines) is 1. The fourth-order valence-corrected chi connectivity index (χ4v) is 3.41. The third kappa shape index (κ3) is 3.35. The van der Waals surface area contributed by atoms with Crippen LogP contribution in [0.4, 0.5) is 10.5 Å². The summed E-state index contributed by atoms with van der Waals surface area (Å²) in [6, 6.07) is 6.78. The second-order valence-electron chi connectivity index (χ2n) is 6.29. The highest BCUT2D eigenvalue weighted by atomic mass is 16.2. The molecule has 1 aromatic heterocycles. The molecule has 132 valence electrons. The molecule has 2 heterocycles. The Morgan fingerprint density at radius 2 is 1.96 bits per heavy atom. The van der Waals surface area contributed by atoms with Gasteiger partial charge in [0.2, 0.25) is 0 Å². The zero-order valence-corrected chi connectivity index (χ0v) is 14.7. The van der Waals surface area contributed by atoms with Gasteiger partial charge in [-0.2, -0.15) is 5.10 Å². The number of rotatable bonds is 3. The monoisotopic (exact) mass is 341 g/mol. The number of H-pyrrole nitrogens is 1. The average molecular weight is 341 g/mol. The van der Waals surface area contributed by atoms with Gasteiger partial charge in [0.25, 0.3) is 5.91 Å². The summed E-state index contributed by atoms with van der Waals surface area (Å²) in [6.07, 6.45) is 1.90. The molecule has 1 aliphatic rings. The predicted molar refractivity (Wildman–Crippen MR) is 95.6 cm³/mol. The Labute approximate surface area is 146 Å². The number of anilines is 1. The maximum absolute atomic E-state index is 12.7. The quantitative estimate of drug-likeness (QED) is 0.802. The average Bonchev–Trinajstić information content (AvgIpc) is 3.21. The number of aromatic amines is 1. The normalized spacial score (nSPS) is 16.8. The number of carbonyl (C=O) groups excluding carboxylic acids is 2. The Bertz CT molecular complexity index is 762. The summed E-state index contributed by atoms with van der Waals surface area (Å²) in [4.78, 5) is 26.2. The maximum Gasteiger partial charge on any atom is 0.322 e. The Morgan fingerprint density at radius 1 is 1.24 bits per heavy atom. The van der Waals surface area contributed by atoms with Crippen LogP contribution < -0.4 is 10.6 Å². The minimum absolute atomic E-state index is 0.0453. The molecule has 0 radical (unpaired) electrons. The van der Waals surface area contributed by atoms with Gasteiger partial charge in [-0.05, 0) is 51.0 Å². The third-order valence-corrected chi connectivity index (χ3v) is 4.66. The van der Waals surface area contributed by atoms with Crippen LogP contribution in [0.15, 0.2) is 24.3 Å². The molecule has 3 N–H and O–H groups in total. The summed E-state index contributed by atoms with van der Waals surface area (Å²) in [6.45, 7) is 4.67. The zero-order chi connectivity index (χ0) is 18.0. The van der Waals surface area contributed by atoms with Crippen molar-refractivity contribution in [2.45, 2.75) is 32.7 Å². The van der Waals surface area contributed by atoms with Crippen molar-refractivity contribution in [1.82, 2.24) is 20.4 Å². The lowest BCUT2D eigenvalue weighted by Gasteiger charge is -2.25. The van der Waals surface area contributed by atoms with Gasteiger partial charge in [-0.1, -0.05) is 0 Å². The number of aryl methyl sites for hydroxylation is 2. The summed E-state index contributed by atoms with van der Waals surface area (Å²) in [7, 11) is 1.59. The van der Waals surface area contributed by atoms with E-state index >= 15 is 0 Å². The van der Waals surface area contributed by atoms with Crippen molar-refractivity contribution in [3.63, 3.8) is 0 Å². The first-order valence-electron chi connectivity index (χ1n) is 8.42. The van der Waals surface area contributed by atoms with E-state index in [0.29, 0.717) is 11.3 Å². The predicted octanol–water partition coefficient (Wildman–Crippen LogP) is 2.76. The van der Waals surface area contributed by atoms with Crippen molar-refractivity contribution < 1.29 is 9.59 Å². The van der Waals surface area contributed by atoms with Crippen molar-refractivity contribution >= 4 is 17.6 Å². The van der Waals surface area contributed by atoms with E-state index in [1.807, 2.05) is 18.7 Å². The van der Waals surface area contributed by atoms with Crippen LogP contribution >= 0.6 is 0 Å². The number of hydrogen-bond acceptors (Lipinski definition) is 3. The summed E-state index contributed by atoms with van der Waals surface area (Å²) in [5.74, 6) is -0.150. The smallest absolute Gasteiger partial charge is 0.322 e. The number of benzene rings is 1. The summed E-state index contributed by atoms with van der Waals surface area (Å²) < 4.78 is 0. The molecule has 0 spiro atoms. The molecule has 1 aromatic carbocycles. The molecule has 0 bridgehead atoms. The summed E-state index contributed by atoms with van der Waals surface area (Å²) in [5, 5.41) is 12.7. The SMILES string of the molecule is CNC(=O)c1ccc(NC(=O)N2CCC[C@H]2c2c(C)n[nH]c2C)cc1. The molecular formula is C18H23N5O2. The van der Waals surface area contributed by atoms with Crippen LogP contribution in [0.1, 0.15) is 46.2 Å². The Balaban J connectivity index is 1.73. The number of carbonyl (C=O) groups is 2. The van der Waals surface area contributed by atoms with Crippen molar-refractivity contribution in [1.29, 1.82) is 0 Å². The first-order valence-corrected chi connectivity index (χ1v) is 8.42. The van der Waals surface area contributed by atoms with Gasteiger partial charge in [-0.3, -0.25) is 9.89 Å². The maximum atomic E-state index is 12.7. The van der Waals surface area contributed by atoms with Crippen LogP contribution in [0.25, 0.3) is 0 Å². The molecule has 1 fully saturated rings. The third-order valence-electron chi connectivity index (χ3n) is 4.66. The minimum Gasteiger partial charge on any atom is -0.355 e. The van der Waals surface area contributed by atoms with Crippen LogP contribution in [-0.4, -0.2) is 40.6 Å².